The van der Waals surface area contributed by atoms with E-state index in [1.54, 1.807) is 62.4 Å². The molecule has 4 rings (SSSR count). The zero-order chi connectivity index (χ0) is 24.0. The second kappa shape index (κ2) is 8.13. The van der Waals surface area contributed by atoms with Crippen LogP contribution in [0.4, 0.5) is 13.2 Å². The Balaban J connectivity index is 1.74. The molecule has 0 bridgehead atoms. The van der Waals surface area contributed by atoms with Crippen LogP contribution in [0, 0.1) is 5.92 Å². The summed E-state index contributed by atoms with van der Waals surface area (Å²) in [7, 11) is 0. The summed E-state index contributed by atoms with van der Waals surface area (Å²) in [6, 6.07) is 14.3. The number of para-hydroxylation sites is 1. The first-order valence-electron chi connectivity index (χ1n) is 10.9. The number of aromatic nitrogens is 1. The summed E-state index contributed by atoms with van der Waals surface area (Å²) in [5, 5.41) is 11.4. The van der Waals surface area contributed by atoms with Crippen molar-refractivity contribution in [3.05, 3.63) is 82.1 Å². The summed E-state index contributed by atoms with van der Waals surface area (Å²) < 4.78 is 44.2. The van der Waals surface area contributed by atoms with Crippen LogP contribution < -0.4 is 5.43 Å². The number of aliphatic hydroxyl groups is 1. The van der Waals surface area contributed by atoms with E-state index in [1.807, 2.05) is 0 Å². The maximum absolute atomic E-state index is 14.3. The van der Waals surface area contributed by atoms with Crippen LogP contribution in [0.1, 0.15) is 49.0 Å². The zero-order valence-electron chi connectivity index (χ0n) is 18.5. The fourth-order valence-electron chi connectivity index (χ4n) is 4.61. The number of fused-ring (bicyclic) bond motifs is 1. The number of carbonyl (C=O) groups excluding carboxylic acids is 1. The van der Waals surface area contributed by atoms with E-state index in [1.165, 1.54) is 16.8 Å². The van der Waals surface area contributed by atoms with Crippen molar-refractivity contribution < 1.29 is 23.1 Å². The molecule has 33 heavy (non-hydrogen) atoms. The normalized spacial score (nSPS) is 16.5. The van der Waals surface area contributed by atoms with Gasteiger partial charge in [0.15, 0.2) is 16.8 Å². The Morgan fingerprint density at radius 1 is 1.03 bits per heavy atom. The molecule has 0 amide bonds. The van der Waals surface area contributed by atoms with Crippen LogP contribution in [-0.4, -0.2) is 27.2 Å². The summed E-state index contributed by atoms with van der Waals surface area (Å²) in [6.45, 7) is 2.46. The average molecular weight is 457 g/mol. The van der Waals surface area contributed by atoms with Crippen molar-refractivity contribution in [2.75, 3.05) is 0 Å². The third-order valence-electron chi connectivity index (χ3n) is 6.45. The van der Waals surface area contributed by atoms with E-state index >= 15 is 0 Å². The Hall–Kier alpha value is -2.93. The number of hydrogen-bond donors (Lipinski definition) is 1. The minimum atomic E-state index is -4.94. The number of hydrogen-bond acceptors (Lipinski definition) is 3. The highest BCUT2D eigenvalue weighted by molar-refractivity contribution is 6.00. The summed E-state index contributed by atoms with van der Waals surface area (Å²) in [4.78, 5) is 24.9. The number of Topliss-reactive ketones (excluding diaryl/α,β-unsaturated/α-hetero) is 1. The molecule has 174 valence electrons. The minimum Gasteiger partial charge on any atom is -0.379 e. The molecule has 1 unspecified atom stereocenters. The van der Waals surface area contributed by atoms with Gasteiger partial charge in [0.25, 0.3) is 0 Å². The first kappa shape index (κ1) is 23.2. The molecule has 0 aliphatic heterocycles. The van der Waals surface area contributed by atoms with Crippen molar-refractivity contribution in [1.82, 2.24) is 4.57 Å². The molecule has 1 saturated carbocycles. The molecule has 1 N–H and O–H groups in total. The van der Waals surface area contributed by atoms with Crippen LogP contribution >= 0.6 is 0 Å². The standard InChI is InChI=1S/C26H26F3NO3/c1-24(2,20-9-5-3-7-18(20)23(32)17-11-12-17)15-25(33,26(27,28)29)16-30-14-13-22(31)19-8-4-6-10-21(19)30/h3-10,13-14,17,33H,11-12,15-16H2,1-2H3. The number of alkyl halides is 3. The lowest BCUT2D eigenvalue weighted by atomic mass is 9.72. The molecule has 2 aromatic carbocycles. The topological polar surface area (TPSA) is 59.3 Å². The molecule has 3 aromatic rings. The Labute approximate surface area is 189 Å². The predicted molar refractivity (Wildman–Crippen MR) is 120 cm³/mol. The van der Waals surface area contributed by atoms with Gasteiger partial charge in [0.2, 0.25) is 0 Å². The first-order valence-corrected chi connectivity index (χ1v) is 10.9. The lowest BCUT2D eigenvalue weighted by molar-refractivity contribution is -0.271. The SMILES string of the molecule is CC(C)(CC(O)(Cn1ccc(=O)c2ccccc21)C(F)(F)F)c1ccccc1C(=O)C1CC1. The Kier molecular flexibility index (Phi) is 5.73. The molecule has 7 heteroatoms. The van der Waals surface area contributed by atoms with Crippen molar-refractivity contribution in [2.24, 2.45) is 5.92 Å². The number of pyridine rings is 1. The number of rotatable bonds is 7. The largest absolute Gasteiger partial charge is 0.418 e. The molecule has 1 atom stereocenters. The van der Waals surface area contributed by atoms with Crippen molar-refractivity contribution in [2.45, 2.75) is 56.8 Å². The molecule has 4 nitrogen and oxygen atoms in total. The molecule has 0 saturated heterocycles. The van der Waals surface area contributed by atoms with E-state index < -0.39 is 30.2 Å². The van der Waals surface area contributed by atoms with E-state index in [0.29, 0.717) is 16.6 Å². The number of nitrogens with zero attached hydrogens (tertiary/aromatic N) is 1. The quantitative estimate of drug-likeness (QED) is 0.493. The number of carbonyl (C=O) groups is 1. The summed E-state index contributed by atoms with van der Waals surface area (Å²) >= 11 is 0. The monoisotopic (exact) mass is 457 g/mol. The number of benzene rings is 2. The van der Waals surface area contributed by atoms with Gasteiger partial charge in [-0.05, 0) is 42.4 Å². The van der Waals surface area contributed by atoms with Crippen LogP contribution in [0.25, 0.3) is 10.9 Å². The van der Waals surface area contributed by atoms with Crippen LogP contribution in [0.15, 0.2) is 65.6 Å². The van der Waals surface area contributed by atoms with Crippen LogP contribution in [0.3, 0.4) is 0 Å². The maximum atomic E-state index is 14.3. The fraction of sp³-hybridized carbons (Fsp3) is 0.385. The second-order valence-electron chi connectivity index (χ2n) is 9.60. The van der Waals surface area contributed by atoms with Crippen molar-refractivity contribution in [3.8, 4) is 0 Å². The van der Waals surface area contributed by atoms with Crippen LogP contribution in [0.2, 0.25) is 0 Å². The van der Waals surface area contributed by atoms with Crippen LogP contribution in [-0.2, 0) is 12.0 Å². The minimum absolute atomic E-state index is 0.0550. The molecule has 0 spiro atoms. The Bertz CT molecular complexity index is 1260. The lowest BCUT2D eigenvalue weighted by Crippen LogP contribution is -2.52. The van der Waals surface area contributed by atoms with Gasteiger partial charge in [-0.3, -0.25) is 9.59 Å². The Morgan fingerprint density at radius 3 is 2.33 bits per heavy atom. The highest BCUT2D eigenvalue weighted by atomic mass is 19.4. The van der Waals surface area contributed by atoms with Gasteiger partial charge in [-0.1, -0.05) is 50.2 Å². The molecule has 1 fully saturated rings. The third-order valence-corrected chi connectivity index (χ3v) is 6.45. The van der Waals surface area contributed by atoms with Crippen molar-refractivity contribution >= 4 is 16.7 Å². The fourth-order valence-corrected chi connectivity index (χ4v) is 4.61. The second-order valence-corrected chi connectivity index (χ2v) is 9.60. The van der Waals surface area contributed by atoms with Gasteiger partial charge in [-0.25, -0.2) is 0 Å². The maximum Gasteiger partial charge on any atom is 0.418 e. The molecular weight excluding hydrogens is 431 g/mol. The molecule has 0 radical (unpaired) electrons. The van der Waals surface area contributed by atoms with Crippen LogP contribution in [0.5, 0.6) is 0 Å². The highest BCUT2D eigenvalue weighted by Crippen LogP contribution is 2.44. The lowest BCUT2D eigenvalue weighted by Gasteiger charge is -2.39. The number of halogens is 3. The summed E-state index contributed by atoms with van der Waals surface area (Å²) in [5.41, 5.74) is -3.32. The highest BCUT2D eigenvalue weighted by Gasteiger charge is 2.56. The van der Waals surface area contributed by atoms with Gasteiger partial charge < -0.3 is 9.67 Å². The van der Waals surface area contributed by atoms with E-state index in [9.17, 15) is 27.9 Å². The molecule has 1 aliphatic rings. The summed E-state index contributed by atoms with van der Waals surface area (Å²) in [5.74, 6) is -0.128. The van der Waals surface area contributed by atoms with E-state index in [4.69, 9.17) is 0 Å². The van der Waals surface area contributed by atoms with Gasteiger partial charge in [0.1, 0.15) is 0 Å². The van der Waals surface area contributed by atoms with Crippen molar-refractivity contribution in [3.63, 3.8) is 0 Å². The average Bonchev–Trinajstić information content (AvgIpc) is 3.60. The first-order chi connectivity index (χ1) is 15.4. The van der Waals surface area contributed by atoms with Gasteiger partial charge in [-0.15, -0.1) is 0 Å². The van der Waals surface area contributed by atoms with Gasteiger partial charge in [0, 0.05) is 29.1 Å². The van der Waals surface area contributed by atoms with E-state index in [0.717, 1.165) is 12.8 Å². The number of ketones is 1. The summed E-state index contributed by atoms with van der Waals surface area (Å²) in [6.07, 6.45) is -2.74. The van der Waals surface area contributed by atoms with Gasteiger partial charge >= 0.3 is 6.18 Å². The smallest absolute Gasteiger partial charge is 0.379 e. The van der Waals surface area contributed by atoms with Crippen molar-refractivity contribution in [1.29, 1.82) is 0 Å². The van der Waals surface area contributed by atoms with E-state index in [-0.39, 0.29) is 22.5 Å². The molecule has 1 heterocycles. The van der Waals surface area contributed by atoms with E-state index in [2.05, 4.69) is 0 Å². The Morgan fingerprint density at radius 2 is 1.67 bits per heavy atom. The third kappa shape index (κ3) is 4.47. The molecule has 1 aliphatic carbocycles. The molecular formula is C26H26F3NO3. The zero-order valence-corrected chi connectivity index (χ0v) is 18.5. The predicted octanol–water partition coefficient (Wildman–Crippen LogP) is 5.26. The van der Waals surface area contributed by atoms with Gasteiger partial charge in [0.05, 0.1) is 12.1 Å². The molecule has 1 aromatic heterocycles. The van der Waals surface area contributed by atoms with Gasteiger partial charge in [-0.2, -0.15) is 13.2 Å².